The summed E-state index contributed by atoms with van der Waals surface area (Å²) in [7, 11) is 0. The van der Waals surface area contributed by atoms with Crippen LogP contribution in [-0.4, -0.2) is 30.6 Å². The number of hydrogen-bond donors (Lipinski definition) is 1. The van der Waals surface area contributed by atoms with Gasteiger partial charge in [-0.25, -0.2) is 0 Å². The van der Waals surface area contributed by atoms with Gasteiger partial charge in [0, 0.05) is 19.1 Å². The molecular formula is C7H16N2. The highest BCUT2D eigenvalue weighted by molar-refractivity contribution is 4.83. The monoisotopic (exact) mass is 128 g/mol. The first-order valence-corrected chi connectivity index (χ1v) is 3.82. The van der Waals surface area contributed by atoms with Crippen LogP contribution >= 0.6 is 0 Å². The molecule has 0 bridgehead atoms. The van der Waals surface area contributed by atoms with Crippen molar-refractivity contribution in [3.63, 3.8) is 0 Å². The molecule has 2 N–H and O–H groups in total. The van der Waals surface area contributed by atoms with Crippen LogP contribution in [0.25, 0.3) is 0 Å². The molecule has 1 saturated carbocycles. The molecule has 0 aromatic carbocycles. The summed E-state index contributed by atoms with van der Waals surface area (Å²) in [5.74, 6) is 0. The van der Waals surface area contributed by atoms with Crippen molar-refractivity contribution in [3.05, 3.63) is 0 Å². The molecule has 2 heteroatoms. The molecule has 1 aliphatic carbocycles. The SMILES string of the molecule is CCN(CCN)C1CC1. The summed E-state index contributed by atoms with van der Waals surface area (Å²) in [6.07, 6.45) is 2.79. The first-order valence-electron chi connectivity index (χ1n) is 3.82. The van der Waals surface area contributed by atoms with Crippen LogP contribution in [0.3, 0.4) is 0 Å². The number of likely N-dealkylation sites (N-methyl/N-ethyl adjacent to an activating group) is 1. The maximum absolute atomic E-state index is 5.43. The van der Waals surface area contributed by atoms with Crippen LogP contribution in [-0.2, 0) is 0 Å². The Balaban J connectivity index is 2.12. The maximum Gasteiger partial charge on any atom is 0.0107 e. The van der Waals surface area contributed by atoms with Crippen molar-refractivity contribution in [1.29, 1.82) is 0 Å². The lowest BCUT2D eigenvalue weighted by atomic mass is 10.4. The summed E-state index contributed by atoms with van der Waals surface area (Å²) in [5.41, 5.74) is 5.43. The molecule has 1 rings (SSSR count). The molecule has 1 aliphatic rings. The van der Waals surface area contributed by atoms with Gasteiger partial charge in [-0.1, -0.05) is 6.92 Å². The summed E-state index contributed by atoms with van der Waals surface area (Å²) in [6, 6.07) is 0.888. The first kappa shape index (κ1) is 7.03. The van der Waals surface area contributed by atoms with Gasteiger partial charge in [-0.2, -0.15) is 0 Å². The summed E-state index contributed by atoms with van der Waals surface area (Å²) < 4.78 is 0. The highest BCUT2D eigenvalue weighted by atomic mass is 15.2. The van der Waals surface area contributed by atoms with E-state index in [9.17, 15) is 0 Å². The molecule has 0 aliphatic heterocycles. The zero-order chi connectivity index (χ0) is 6.69. The van der Waals surface area contributed by atoms with Crippen LogP contribution < -0.4 is 5.73 Å². The average Bonchev–Trinajstić information content (AvgIpc) is 2.64. The molecule has 0 radical (unpaired) electrons. The van der Waals surface area contributed by atoms with Gasteiger partial charge in [0.1, 0.15) is 0 Å². The van der Waals surface area contributed by atoms with E-state index in [2.05, 4.69) is 11.8 Å². The minimum Gasteiger partial charge on any atom is -0.329 e. The molecule has 0 amide bonds. The normalized spacial score (nSPS) is 19.0. The molecule has 0 aromatic rings. The lowest BCUT2D eigenvalue weighted by molar-refractivity contribution is 0.286. The van der Waals surface area contributed by atoms with E-state index < -0.39 is 0 Å². The van der Waals surface area contributed by atoms with Gasteiger partial charge < -0.3 is 5.73 Å². The summed E-state index contributed by atoms with van der Waals surface area (Å²) >= 11 is 0. The first-order chi connectivity index (χ1) is 4.38. The molecule has 0 atom stereocenters. The fourth-order valence-corrected chi connectivity index (χ4v) is 1.20. The van der Waals surface area contributed by atoms with E-state index in [0.29, 0.717) is 0 Å². The van der Waals surface area contributed by atoms with Crippen LogP contribution in [0.5, 0.6) is 0 Å². The van der Waals surface area contributed by atoms with E-state index in [1.54, 1.807) is 0 Å². The predicted octanol–water partition coefficient (Wildman–Crippen LogP) is 0.429. The quantitative estimate of drug-likeness (QED) is 0.595. The van der Waals surface area contributed by atoms with E-state index in [1.165, 1.54) is 19.4 Å². The fraction of sp³-hybridized carbons (Fsp3) is 1.00. The van der Waals surface area contributed by atoms with E-state index in [1.807, 2.05) is 0 Å². The van der Waals surface area contributed by atoms with E-state index in [-0.39, 0.29) is 0 Å². The van der Waals surface area contributed by atoms with Crippen LogP contribution in [0.4, 0.5) is 0 Å². The predicted molar refractivity (Wildman–Crippen MR) is 39.3 cm³/mol. The third kappa shape index (κ3) is 1.95. The van der Waals surface area contributed by atoms with Crippen LogP contribution in [0, 0.1) is 0 Å². The standard InChI is InChI=1S/C7H16N2/c1-2-9(6-5-8)7-3-4-7/h7H,2-6,8H2,1H3. The third-order valence-electron chi connectivity index (χ3n) is 1.89. The number of rotatable bonds is 4. The molecule has 0 aromatic heterocycles. The Morgan fingerprint density at radius 3 is 2.56 bits per heavy atom. The van der Waals surface area contributed by atoms with Crippen molar-refractivity contribution < 1.29 is 0 Å². The molecular weight excluding hydrogens is 112 g/mol. The molecule has 54 valence electrons. The largest absolute Gasteiger partial charge is 0.329 e. The highest BCUT2D eigenvalue weighted by Crippen LogP contribution is 2.25. The van der Waals surface area contributed by atoms with Gasteiger partial charge in [0.15, 0.2) is 0 Å². The third-order valence-corrected chi connectivity index (χ3v) is 1.89. The smallest absolute Gasteiger partial charge is 0.0107 e. The molecule has 2 nitrogen and oxygen atoms in total. The number of nitrogens with two attached hydrogens (primary N) is 1. The Kier molecular flexibility index (Phi) is 2.49. The van der Waals surface area contributed by atoms with Crippen molar-refractivity contribution >= 4 is 0 Å². The molecule has 0 spiro atoms. The second kappa shape index (κ2) is 3.18. The van der Waals surface area contributed by atoms with Crippen molar-refractivity contribution in [2.24, 2.45) is 5.73 Å². The van der Waals surface area contributed by atoms with Gasteiger partial charge in [0.2, 0.25) is 0 Å². The fourth-order valence-electron chi connectivity index (χ4n) is 1.20. The van der Waals surface area contributed by atoms with E-state index in [4.69, 9.17) is 5.73 Å². The maximum atomic E-state index is 5.43. The minimum absolute atomic E-state index is 0.810. The highest BCUT2D eigenvalue weighted by Gasteiger charge is 2.26. The molecule has 0 heterocycles. The van der Waals surface area contributed by atoms with E-state index >= 15 is 0 Å². The Bertz CT molecular complexity index is 79.0. The number of hydrogen-bond acceptors (Lipinski definition) is 2. The van der Waals surface area contributed by atoms with Crippen LogP contribution in [0.2, 0.25) is 0 Å². The Morgan fingerprint density at radius 1 is 1.56 bits per heavy atom. The zero-order valence-electron chi connectivity index (χ0n) is 6.14. The van der Waals surface area contributed by atoms with Gasteiger partial charge >= 0.3 is 0 Å². The molecule has 0 unspecified atom stereocenters. The summed E-state index contributed by atoms with van der Waals surface area (Å²) in [5, 5.41) is 0. The molecule has 9 heavy (non-hydrogen) atoms. The second-order valence-corrected chi connectivity index (χ2v) is 2.65. The van der Waals surface area contributed by atoms with Crippen molar-refractivity contribution in [2.75, 3.05) is 19.6 Å². The van der Waals surface area contributed by atoms with Crippen molar-refractivity contribution in [2.45, 2.75) is 25.8 Å². The van der Waals surface area contributed by atoms with Crippen molar-refractivity contribution in [1.82, 2.24) is 4.90 Å². The topological polar surface area (TPSA) is 29.3 Å². The van der Waals surface area contributed by atoms with Gasteiger partial charge in [0.05, 0.1) is 0 Å². The zero-order valence-corrected chi connectivity index (χ0v) is 6.14. The van der Waals surface area contributed by atoms with Gasteiger partial charge in [-0.15, -0.1) is 0 Å². The van der Waals surface area contributed by atoms with Gasteiger partial charge in [-0.05, 0) is 19.4 Å². The summed E-state index contributed by atoms with van der Waals surface area (Å²) in [6.45, 7) is 5.27. The minimum atomic E-state index is 0.810. The van der Waals surface area contributed by atoms with E-state index in [0.717, 1.165) is 19.1 Å². The molecule has 1 fully saturated rings. The Hall–Kier alpha value is -0.0800. The lowest BCUT2D eigenvalue weighted by Crippen LogP contribution is -2.31. The van der Waals surface area contributed by atoms with Gasteiger partial charge in [-0.3, -0.25) is 4.90 Å². The number of nitrogens with zero attached hydrogens (tertiary/aromatic N) is 1. The Morgan fingerprint density at radius 2 is 2.22 bits per heavy atom. The second-order valence-electron chi connectivity index (χ2n) is 2.65. The molecule has 0 saturated heterocycles. The van der Waals surface area contributed by atoms with Crippen molar-refractivity contribution in [3.8, 4) is 0 Å². The average molecular weight is 128 g/mol. The van der Waals surface area contributed by atoms with Crippen LogP contribution in [0.15, 0.2) is 0 Å². The Labute approximate surface area is 57.0 Å². The van der Waals surface area contributed by atoms with Crippen LogP contribution in [0.1, 0.15) is 19.8 Å². The summed E-state index contributed by atoms with van der Waals surface area (Å²) in [4.78, 5) is 2.46. The van der Waals surface area contributed by atoms with Gasteiger partial charge in [0.25, 0.3) is 0 Å². The lowest BCUT2D eigenvalue weighted by Gasteiger charge is -2.17.